The third kappa shape index (κ3) is 6.81. The summed E-state index contributed by atoms with van der Waals surface area (Å²) in [5.74, 6) is 2.83. The molecule has 1 aliphatic heterocycles. The number of rotatable bonds is 9. The molecule has 200 valence electrons. The zero-order valence-electron chi connectivity index (χ0n) is 21.5. The highest BCUT2D eigenvalue weighted by molar-refractivity contribution is 7.92. The Labute approximate surface area is 229 Å². The molecule has 0 unspecified atom stereocenters. The predicted molar refractivity (Wildman–Crippen MR) is 156 cm³/mol. The van der Waals surface area contributed by atoms with Crippen molar-refractivity contribution in [3.63, 3.8) is 0 Å². The highest BCUT2D eigenvalue weighted by Gasteiger charge is 2.26. The van der Waals surface area contributed by atoms with E-state index in [-0.39, 0.29) is 0 Å². The average Bonchev–Trinajstić information content (AvgIpc) is 2.97. The van der Waals surface area contributed by atoms with Crippen LogP contribution in [0.1, 0.15) is 18.4 Å². The van der Waals surface area contributed by atoms with Crippen LogP contribution in [0, 0.1) is 5.92 Å². The number of sulfonamides is 1. The summed E-state index contributed by atoms with van der Waals surface area (Å²) >= 11 is 0. The van der Waals surface area contributed by atoms with Gasteiger partial charge in [-0.3, -0.25) is 0 Å². The van der Waals surface area contributed by atoms with E-state index in [4.69, 9.17) is 10.5 Å². The largest absolute Gasteiger partial charge is 0.457 e. The van der Waals surface area contributed by atoms with Crippen molar-refractivity contribution in [2.24, 2.45) is 5.92 Å². The van der Waals surface area contributed by atoms with Crippen LogP contribution in [0.25, 0.3) is 17.2 Å². The van der Waals surface area contributed by atoms with Crippen LogP contribution in [0.3, 0.4) is 0 Å². The number of anilines is 2. The number of piperidine rings is 1. The SMILES string of the molecule is Nc1ncnc(NCC2CCN(S(=O)(=O)/C=C/c3ccccc3)CC2)c1-c1ccc(Oc2ccccc2)cc1. The number of aromatic nitrogens is 2. The summed E-state index contributed by atoms with van der Waals surface area (Å²) in [6, 6.07) is 26.7. The van der Waals surface area contributed by atoms with E-state index < -0.39 is 10.0 Å². The molecule has 8 nitrogen and oxygen atoms in total. The second kappa shape index (κ2) is 12.1. The highest BCUT2D eigenvalue weighted by Crippen LogP contribution is 2.33. The molecule has 3 aromatic carbocycles. The fraction of sp³-hybridized carbons (Fsp3) is 0.200. The van der Waals surface area contributed by atoms with Gasteiger partial charge in [0.1, 0.15) is 29.5 Å². The summed E-state index contributed by atoms with van der Waals surface area (Å²) < 4.78 is 33.0. The number of nitrogen functional groups attached to an aromatic ring is 1. The van der Waals surface area contributed by atoms with Gasteiger partial charge in [0.2, 0.25) is 10.0 Å². The standard InChI is InChI=1S/C30H31N5O3S/c31-29-28(25-11-13-27(14-12-25)38-26-9-5-2-6-10-26)30(34-22-33-29)32-21-24-15-18-35(19-16-24)39(36,37)20-17-23-7-3-1-4-8-23/h1-14,17,20,22,24H,15-16,18-19,21H2,(H3,31,32,33,34)/b20-17+. The summed E-state index contributed by atoms with van der Waals surface area (Å²) in [5.41, 5.74) is 8.73. The van der Waals surface area contributed by atoms with Gasteiger partial charge < -0.3 is 15.8 Å². The molecule has 1 aliphatic rings. The third-order valence-electron chi connectivity index (χ3n) is 6.72. The minimum Gasteiger partial charge on any atom is -0.457 e. The molecular weight excluding hydrogens is 510 g/mol. The fourth-order valence-electron chi connectivity index (χ4n) is 4.56. The van der Waals surface area contributed by atoms with Crippen molar-refractivity contribution < 1.29 is 13.2 Å². The number of para-hydroxylation sites is 1. The Morgan fingerprint density at radius 1 is 0.897 bits per heavy atom. The summed E-state index contributed by atoms with van der Waals surface area (Å²) in [6.45, 7) is 1.62. The molecule has 0 radical (unpaired) electrons. The first-order valence-corrected chi connectivity index (χ1v) is 14.4. The zero-order chi connectivity index (χ0) is 27.1. The molecular formula is C30H31N5O3S. The normalized spacial score (nSPS) is 14.9. The molecule has 1 saturated heterocycles. The smallest absolute Gasteiger partial charge is 0.236 e. The van der Waals surface area contributed by atoms with Crippen LogP contribution >= 0.6 is 0 Å². The molecule has 1 aromatic heterocycles. The molecule has 2 heterocycles. The van der Waals surface area contributed by atoms with Crippen molar-refractivity contribution in [2.45, 2.75) is 12.8 Å². The molecule has 5 rings (SSSR count). The van der Waals surface area contributed by atoms with E-state index in [0.29, 0.717) is 37.2 Å². The molecule has 0 amide bonds. The van der Waals surface area contributed by atoms with Crippen molar-refractivity contribution in [3.8, 4) is 22.6 Å². The molecule has 0 saturated carbocycles. The molecule has 1 fully saturated rings. The monoisotopic (exact) mass is 541 g/mol. The van der Waals surface area contributed by atoms with Gasteiger partial charge in [-0.05, 0) is 60.2 Å². The zero-order valence-corrected chi connectivity index (χ0v) is 22.3. The molecule has 9 heteroatoms. The summed E-state index contributed by atoms with van der Waals surface area (Å²) in [6.07, 6.45) is 4.60. The number of ether oxygens (including phenoxy) is 1. The highest BCUT2D eigenvalue weighted by atomic mass is 32.2. The van der Waals surface area contributed by atoms with Crippen LogP contribution in [0.15, 0.2) is 96.7 Å². The first-order valence-electron chi connectivity index (χ1n) is 12.9. The Morgan fingerprint density at radius 2 is 1.54 bits per heavy atom. The van der Waals surface area contributed by atoms with Gasteiger partial charge in [-0.2, -0.15) is 4.31 Å². The van der Waals surface area contributed by atoms with Gasteiger partial charge in [0.05, 0.1) is 5.56 Å². The van der Waals surface area contributed by atoms with Crippen LogP contribution in [0.2, 0.25) is 0 Å². The third-order valence-corrected chi connectivity index (χ3v) is 8.29. The lowest BCUT2D eigenvalue weighted by atomic mass is 9.98. The maximum absolute atomic E-state index is 12.8. The van der Waals surface area contributed by atoms with Crippen molar-refractivity contribution in [2.75, 3.05) is 30.7 Å². The Balaban J connectivity index is 1.19. The molecule has 3 N–H and O–H groups in total. The van der Waals surface area contributed by atoms with Gasteiger partial charge in [-0.15, -0.1) is 0 Å². The first-order chi connectivity index (χ1) is 19.0. The van der Waals surface area contributed by atoms with E-state index in [1.165, 1.54) is 11.7 Å². The number of hydrogen-bond donors (Lipinski definition) is 2. The number of hydrogen-bond acceptors (Lipinski definition) is 7. The van der Waals surface area contributed by atoms with Gasteiger partial charge in [0, 0.05) is 25.0 Å². The Hall–Kier alpha value is -4.21. The van der Waals surface area contributed by atoms with Crippen molar-refractivity contribution >= 4 is 27.7 Å². The van der Waals surface area contributed by atoms with Crippen molar-refractivity contribution in [1.82, 2.24) is 14.3 Å². The second-order valence-corrected chi connectivity index (χ2v) is 11.2. The van der Waals surface area contributed by atoms with Crippen LogP contribution in [-0.4, -0.2) is 42.3 Å². The maximum Gasteiger partial charge on any atom is 0.236 e. The molecule has 0 bridgehead atoms. The molecule has 0 aliphatic carbocycles. The van der Waals surface area contributed by atoms with Gasteiger partial charge >= 0.3 is 0 Å². The van der Waals surface area contributed by atoms with Crippen molar-refractivity contribution in [1.29, 1.82) is 0 Å². The Bertz CT molecular complexity index is 1500. The lowest BCUT2D eigenvalue weighted by molar-refractivity contribution is 0.284. The second-order valence-electron chi connectivity index (χ2n) is 9.40. The fourth-order valence-corrected chi connectivity index (χ4v) is 5.78. The van der Waals surface area contributed by atoms with Crippen LogP contribution in [0.4, 0.5) is 11.6 Å². The van der Waals surface area contributed by atoms with Gasteiger partial charge in [-0.25, -0.2) is 18.4 Å². The Kier molecular flexibility index (Phi) is 8.19. The van der Waals surface area contributed by atoms with E-state index >= 15 is 0 Å². The van der Waals surface area contributed by atoms with E-state index in [1.807, 2.05) is 84.9 Å². The van der Waals surface area contributed by atoms with Crippen molar-refractivity contribution in [3.05, 3.63) is 102 Å². The molecule has 4 aromatic rings. The van der Waals surface area contributed by atoms with Gasteiger partial charge in [-0.1, -0.05) is 60.7 Å². The maximum atomic E-state index is 12.8. The summed E-state index contributed by atoms with van der Waals surface area (Å²) in [5, 5.41) is 4.73. The summed E-state index contributed by atoms with van der Waals surface area (Å²) in [7, 11) is -3.46. The van der Waals surface area contributed by atoms with Gasteiger partial charge in [0.25, 0.3) is 0 Å². The predicted octanol–water partition coefficient (Wildman–Crippen LogP) is 5.64. The van der Waals surface area contributed by atoms with Gasteiger partial charge in [0.15, 0.2) is 0 Å². The lowest BCUT2D eigenvalue weighted by Gasteiger charge is -2.30. The Morgan fingerprint density at radius 3 is 2.23 bits per heavy atom. The van der Waals surface area contributed by atoms with E-state index in [9.17, 15) is 8.42 Å². The summed E-state index contributed by atoms with van der Waals surface area (Å²) in [4.78, 5) is 8.64. The quantitative estimate of drug-likeness (QED) is 0.282. The minimum atomic E-state index is -3.46. The average molecular weight is 542 g/mol. The van der Waals surface area contributed by atoms with E-state index in [2.05, 4.69) is 15.3 Å². The van der Waals surface area contributed by atoms with Crippen LogP contribution in [0.5, 0.6) is 11.5 Å². The lowest BCUT2D eigenvalue weighted by Crippen LogP contribution is -2.39. The minimum absolute atomic E-state index is 0.306. The molecule has 39 heavy (non-hydrogen) atoms. The first kappa shape index (κ1) is 26.4. The van der Waals surface area contributed by atoms with E-state index in [0.717, 1.165) is 41.0 Å². The molecule has 0 atom stereocenters. The topological polar surface area (TPSA) is 110 Å². The number of nitrogens with one attached hydrogen (secondary N) is 1. The number of nitrogens with two attached hydrogens (primary N) is 1. The number of nitrogens with zero attached hydrogens (tertiary/aromatic N) is 3. The van der Waals surface area contributed by atoms with E-state index in [1.54, 1.807) is 10.4 Å². The van der Waals surface area contributed by atoms with Crippen LogP contribution < -0.4 is 15.8 Å². The molecule has 0 spiro atoms. The number of benzene rings is 3. The van der Waals surface area contributed by atoms with Crippen LogP contribution in [-0.2, 0) is 10.0 Å².